The summed E-state index contributed by atoms with van der Waals surface area (Å²) < 4.78 is 24.9. The summed E-state index contributed by atoms with van der Waals surface area (Å²) in [6.45, 7) is 7.66. The van der Waals surface area contributed by atoms with Crippen LogP contribution in [0.2, 0.25) is 0 Å². The number of hydrogen-bond donors (Lipinski definition) is 1. The Kier molecular flexibility index (Phi) is 4.63. The fourth-order valence-corrected chi connectivity index (χ4v) is 2.85. The van der Waals surface area contributed by atoms with E-state index in [0.717, 1.165) is 31.1 Å². The number of aromatic nitrogens is 1. The van der Waals surface area contributed by atoms with Crippen LogP contribution in [0.1, 0.15) is 18.4 Å². The summed E-state index contributed by atoms with van der Waals surface area (Å²) in [6, 6.07) is 5.02. The quantitative estimate of drug-likeness (QED) is 0.939. The first-order chi connectivity index (χ1) is 11.1. The van der Waals surface area contributed by atoms with Gasteiger partial charge in [0.2, 0.25) is 5.89 Å². The number of nitrogens with one attached hydrogen (secondary N) is 1. The molecule has 0 unspecified atom stereocenters. The second-order valence-electron chi connectivity index (χ2n) is 5.96. The number of hydrogen-bond acceptors (Lipinski definition) is 5. The number of methoxy groups -OCH3 is 1. The third-order valence-corrected chi connectivity index (χ3v) is 4.12. The van der Waals surface area contributed by atoms with Crippen LogP contribution < -0.4 is 10.1 Å². The van der Waals surface area contributed by atoms with Crippen LogP contribution in [-0.4, -0.2) is 42.7 Å². The summed E-state index contributed by atoms with van der Waals surface area (Å²) in [5, 5.41) is 3.41. The molecule has 6 heteroatoms. The average molecular weight is 319 g/mol. The van der Waals surface area contributed by atoms with Gasteiger partial charge in [0.1, 0.15) is 17.3 Å². The number of aryl methyl sites for hydroxylation is 1. The minimum Gasteiger partial charge on any atom is -0.497 e. The standard InChI is InChI=1S/C17H22FN3O2/c1-11-9-21(7-6-19-11)10-16-12(2)23-17(20-16)14-8-13(22-3)4-5-15(14)18/h4-5,8,11,19H,6-7,9-10H2,1-3H3/t11-/m1/s1. The van der Waals surface area contributed by atoms with Gasteiger partial charge in [-0.2, -0.15) is 0 Å². The van der Waals surface area contributed by atoms with E-state index in [1.54, 1.807) is 19.2 Å². The van der Waals surface area contributed by atoms with Crippen LogP contribution in [0.25, 0.3) is 11.5 Å². The molecule has 1 aliphatic heterocycles. The number of oxazole rings is 1. The van der Waals surface area contributed by atoms with Crippen molar-refractivity contribution in [2.24, 2.45) is 0 Å². The van der Waals surface area contributed by atoms with Crippen molar-refractivity contribution in [2.45, 2.75) is 26.4 Å². The van der Waals surface area contributed by atoms with Crippen molar-refractivity contribution in [3.8, 4) is 17.2 Å². The molecule has 1 saturated heterocycles. The second-order valence-corrected chi connectivity index (χ2v) is 5.96. The van der Waals surface area contributed by atoms with Gasteiger partial charge in [-0.05, 0) is 32.0 Å². The van der Waals surface area contributed by atoms with Crippen LogP contribution in [0, 0.1) is 12.7 Å². The normalized spacial score (nSPS) is 19.0. The predicted molar refractivity (Wildman–Crippen MR) is 85.9 cm³/mol. The third-order valence-electron chi connectivity index (χ3n) is 4.12. The Bertz CT molecular complexity index is 686. The molecule has 0 bridgehead atoms. The molecule has 1 atom stereocenters. The Morgan fingerprint density at radius 2 is 2.30 bits per heavy atom. The SMILES string of the molecule is COc1ccc(F)c(-c2nc(CN3CCN[C@H](C)C3)c(C)o2)c1. The van der Waals surface area contributed by atoms with Crippen LogP contribution in [0.15, 0.2) is 22.6 Å². The van der Waals surface area contributed by atoms with Gasteiger partial charge in [0, 0.05) is 32.2 Å². The molecule has 5 nitrogen and oxygen atoms in total. The number of rotatable bonds is 4. The van der Waals surface area contributed by atoms with E-state index in [2.05, 4.69) is 22.1 Å². The number of halogens is 1. The molecule has 1 aromatic heterocycles. The van der Waals surface area contributed by atoms with Crippen LogP contribution in [-0.2, 0) is 6.54 Å². The summed E-state index contributed by atoms with van der Waals surface area (Å²) in [4.78, 5) is 6.84. The number of piperazine rings is 1. The highest BCUT2D eigenvalue weighted by Gasteiger charge is 2.20. The minimum absolute atomic E-state index is 0.303. The Labute approximate surface area is 135 Å². The molecule has 3 rings (SSSR count). The molecule has 23 heavy (non-hydrogen) atoms. The molecule has 124 valence electrons. The number of benzene rings is 1. The lowest BCUT2D eigenvalue weighted by Gasteiger charge is -2.31. The van der Waals surface area contributed by atoms with E-state index in [4.69, 9.17) is 9.15 Å². The lowest BCUT2D eigenvalue weighted by atomic mass is 10.2. The molecule has 0 spiro atoms. The van der Waals surface area contributed by atoms with E-state index in [1.165, 1.54) is 6.07 Å². The molecular weight excluding hydrogens is 297 g/mol. The highest BCUT2D eigenvalue weighted by molar-refractivity contribution is 5.57. The van der Waals surface area contributed by atoms with Gasteiger partial charge in [-0.15, -0.1) is 0 Å². The zero-order valence-corrected chi connectivity index (χ0v) is 13.7. The molecule has 1 aromatic carbocycles. The average Bonchev–Trinajstić information content (AvgIpc) is 2.88. The molecule has 0 amide bonds. The summed E-state index contributed by atoms with van der Waals surface area (Å²) in [7, 11) is 1.55. The van der Waals surface area contributed by atoms with Crippen LogP contribution in [0.3, 0.4) is 0 Å². The van der Waals surface area contributed by atoms with Gasteiger partial charge in [0.05, 0.1) is 18.4 Å². The van der Waals surface area contributed by atoms with E-state index < -0.39 is 0 Å². The lowest BCUT2D eigenvalue weighted by molar-refractivity contribution is 0.197. The van der Waals surface area contributed by atoms with E-state index in [0.29, 0.717) is 29.8 Å². The summed E-state index contributed by atoms with van der Waals surface area (Å²) in [5.41, 5.74) is 1.18. The van der Waals surface area contributed by atoms with Gasteiger partial charge in [0.15, 0.2) is 0 Å². The van der Waals surface area contributed by atoms with Gasteiger partial charge in [-0.25, -0.2) is 9.37 Å². The van der Waals surface area contributed by atoms with Gasteiger partial charge in [0.25, 0.3) is 0 Å². The highest BCUT2D eigenvalue weighted by Crippen LogP contribution is 2.28. The highest BCUT2D eigenvalue weighted by atomic mass is 19.1. The monoisotopic (exact) mass is 319 g/mol. The van der Waals surface area contributed by atoms with Crippen molar-refractivity contribution in [1.29, 1.82) is 0 Å². The first-order valence-electron chi connectivity index (χ1n) is 7.82. The summed E-state index contributed by atoms with van der Waals surface area (Å²) in [5.74, 6) is 1.25. The van der Waals surface area contributed by atoms with Crippen LogP contribution in [0.4, 0.5) is 4.39 Å². The van der Waals surface area contributed by atoms with Crippen molar-refractivity contribution in [3.63, 3.8) is 0 Å². The van der Waals surface area contributed by atoms with Gasteiger partial charge in [-0.3, -0.25) is 4.90 Å². The molecule has 1 fully saturated rings. The van der Waals surface area contributed by atoms with Crippen LogP contribution >= 0.6 is 0 Å². The Morgan fingerprint density at radius 3 is 3.04 bits per heavy atom. The van der Waals surface area contributed by atoms with Gasteiger partial charge in [-0.1, -0.05) is 0 Å². The van der Waals surface area contributed by atoms with E-state index >= 15 is 0 Å². The minimum atomic E-state index is -0.366. The van der Waals surface area contributed by atoms with Crippen LogP contribution in [0.5, 0.6) is 5.75 Å². The molecule has 1 aliphatic rings. The number of nitrogens with zero attached hydrogens (tertiary/aromatic N) is 2. The van der Waals surface area contributed by atoms with Gasteiger partial charge >= 0.3 is 0 Å². The Balaban J connectivity index is 1.83. The molecule has 2 aromatic rings. The largest absolute Gasteiger partial charge is 0.497 e. The topological polar surface area (TPSA) is 50.5 Å². The maximum atomic E-state index is 14.1. The van der Waals surface area contributed by atoms with Crippen molar-refractivity contribution >= 4 is 0 Å². The van der Waals surface area contributed by atoms with E-state index in [1.807, 2.05) is 6.92 Å². The fourth-order valence-electron chi connectivity index (χ4n) is 2.85. The maximum absolute atomic E-state index is 14.1. The molecule has 0 radical (unpaired) electrons. The van der Waals surface area contributed by atoms with Crippen molar-refractivity contribution in [1.82, 2.24) is 15.2 Å². The Morgan fingerprint density at radius 1 is 1.48 bits per heavy atom. The van der Waals surface area contributed by atoms with Gasteiger partial charge < -0.3 is 14.5 Å². The third kappa shape index (κ3) is 3.54. The zero-order chi connectivity index (χ0) is 16.4. The fraction of sp³-hybridized carbons (Fsp3) is 0.471. The van der Waals surface area contributed by atoms with Crippen molar-refractivity contribution in [3.05, 3.63) is 35.5 Å². The maximum Gasteiger partial charge on any atom is 0.229 e. The molecular formula is C17H22FN3O2. The smallest absolute Gasteiger partial charge is 0.229 e. The van der Waals surface area contributed by atoms with E-state index in [-0.39, 0.29) is 5.82 Å². The van der Waals surface area contributed by atoms with Crippen molar-refractivity contribution in [2.75, 3.05) is 26.7 Å². The zero-order valence-electron chi connectivity index (χ0n) is 13.7. The molecule has 0 saturated carbocycles. The summed E-state index contributed by atoms with van der Waals surface area (Å²) >= 11 is 0. The predicted octanol–water partition coefficient (Wildman–Crippen LogP) is 2.59. The molecule has 2 heterocycles. The second kappa shape index (κ2) is 6.68. The number of ether oxygens (including phenoxy) is 1. The summed E-state index contributed by atoms with van der Waals surface area (Å²) in [6.07, 6.45) is 0. The molecule has 0 aliphatic carbocycles. The van der Waals surface area contributed by atoms with Crippen molar-refractivity contribution < 1.29 is 13.5 Å². The van der Waals surface area contributed by atoms with E-state index in [9.17, 15) is 4.39 Å². The lowest BCUT2D eigenvalue weighted by Crippen LogP contribution is -2.48. The first kappa shape index (κ1) is 16.0. The molecule has 1 N–H and O–H groups in total. The first-order valence-corrected chi connectivity index (χ1v) is 7.82. The Hall–Kier alpha value is -1.92.